The smallest absolute Gasteiger partial charge is 0.327 e. The number of carbonyl (C=O) groups is 3. The first-order valence-electron chi connectivity index (χ1n) is 7.72. The second-order valence-electron chi connectivity index (χ2n) is 5.43. The molecule has 25 heavy (non-hydrogen) atoms. The van der Waals surface area contributed by atoms with Crippen molar-refractivity contribution < 1.29 is 19.1 Å². The van der Waals surface area contributed by atoms with Gasteiger partial charge in [0, 0.05) is 12.2 Å². The lowest BCUT2D eigenvalue weighted by atomic mass is 10.2. The first-order chi connectivity index (χ1) is 12.1. The summed E-state index contributed by atoms with van der Waals surface area (Å²) in [4.78, 5) is 39.4. The number of para-hydroxylation sites is 1. The van der Waals surface area contributed by atoms with E-state index >= 15 is 0 Å². The molecule has 0 spiro atoms. The maximum Gasteiger partial charge on any atom is 0.327 e. The van der Waals surface area contributed by atoms with E-state index in [1.54, 1.807) is 30.3 Å². The summed E-state index contributed by atoms with van der Waals surface area (Å²) in [6.45, 7) is 0. The van der Waals surface area contributed by atoms with Crippen LogP contribution in [-0.2, 0) is 9.59 Å². The molecule has 1 aliphatic carbocycles. The van der Waals surface area contributed by atoms with Gasteiger partial charge in [0.15, 0.2) is 0 Å². The van der Waals surface area contributed by atoms with E-state index < -0.39 is 17.7 Å². The molecule has 8 heteroatoms. The molecule has 0 unspecified atom stereocenters. The Hall–Kier alpha value is -3.42. The number of hydrazine groups is 1. The van der Waals surface area contributed by atoms with Gasteiger partial charge >= 0.3 is 11.8 Å². The molecule has 1 fully saturated rings. The fraction of sp³-hybridized carbons (Fsp3) is 0.176. The van der Waals surface area contributed by atoms with E-state index in [0.29, 0.717) is 5.75 Å². The molecular formula is C17H16N4O4. The second-order valence-corrected chi connectivity index (χ2v) is 5.43. The first-order valence-corrected chi connectivity index (χ1v) is 7.72. The lowest BCUT2D eigenvalue weighted by Crippen LogP contribution is -2.49. The molecule has 1 aliphatic rings. The van der Waals surface area contributed by atoms with Crippen LogP contribution in [-0.4, -0.2) is 28.7 Å². The van der Waals surface area contributed by atoms with Crippen LogP contribution in [0.25, 0.3) is 0 Å². The highest BCUT2D eigenvalue weighted by Gasteiger charge is 2.26. The highest BCUT2D eigenvalue weighted by Crippen LogP contribution is 2.22. The van der Waals surface area contributed by atoms with Crippen molar-refractivity contribution in [3.05, 3.63) is 54.2 Å². The van der Waals surface area contributed by atoms with E-state index in [2.05, 4.69) is 21.2 Å². The number of hydrogen-bond donors (Lipinski definition) is 3. The van der Waals surface area contributed by atoms with E-state index in [-0.39, 0.29) is 17.5 Å². The molecule has 0 bridgehead atoms. The summed E-state index contributed by atoms with van der Waals surface area (Å²) >= 11 is 0. The lowest BCUT2D eigenvalue weighted by molar-refractivity contribution is -0.139. The minimum absolute atomic E-state index is 0.0538. The van der Waals surface area contributed by atoms with Gasteiger partial charge in [-0.25, -0.2) is 4.98 Å². The molecule has 1 aromatic carbocycles. The first kappa shape index (κ1) is 16.4. The number of pyridine rings is 1. The molecule has 3 amide bonds. The predicted molar refractivity (Wildman–Crippen MR) is 87.5 cm³/mol. The number of aromatic nitrogens is 1. The van der Waals surface area contributed by atoms with Gasteiger partial charge in [-0.1, -0.05) is 18.2 Å². The zero-order chi connectivity index (χ0) is 17.6. The second kappa shape index (κ2) is 7.43. The van der Waals surface area contributed by atoms with Crippen LogP contribution in [0.15, 0.2) is 48.7 Å². The molecule has 0 saturated heterocycles. The summed E-state index contributed by atoms with van der Waals surface area (Å²) in [6.07, 6.45) is 3.21. The zero-order valence-corrected chi connectivity index (χ0v) is 13.2. The normalized spacial score (nSPS) is 12.8. The van der Waals surface area contributed by atoms with Crippen molar-refractivity contribution in [2.24, 2.45) is 0 Å². The van der Waals surface area contributed by atoms with Gasteiger partial charge in [0.05, 0.1) is 0 Å². The maximum atomic E-state index is 12.2. The van der Waals surface area contributed by atoms with Gasteiger partial charge in [-0.15, -0.1) is 0 Å². The van der Waals surface area contributed by atoms with E-state index in [4.69, 9.17) is 4.74 Å². The van der Waals surface area contributed by atoms with Gasteiger partial charge in [-0.05, 0) is 37.1 Å². The van der Waals surface area contributed by atoms with Crippen LogP contribution in [0.3, 0.4) is 0 Å². The van der Waals surface area contributed by atoms with Gasteiger partial charge < -0.3 is 10.1 Å². The molecule has 0 atom stereocenters. The van der Waals surface area contributed by atoms with Gasteiger partial charge in [0.1, 0.15) is 11.3 Å². The van der Waals surface area contributed by atoms with Crippen molar-refractivity contribution in [3.8, 4) is 11.6 Å². The van der Waals surface area contributed by atoms with Crippen LogP contribution in [0.4, 0.5) is 0 Å². The molecule has 128 valence electrons. The molecule has 1 saturated carbocycles. The molecule has 3 rings (SSSR count). The van der Waals surface area contributed by atoms with Gasteiger partial charge in [-0.2, -0.15) is 0 Å². The third-order valence-corrected chi connectivity index (χ3v) is 3.38. The molecule has 0 radical (unpaired) electrons. The summed E-state index contributed by atoms with van der Waals surface area (Å²) in [5.74, 6) is -1.76. The van der Waals surface area contributed by atoms with Crippen LogP contribution in [0.2, 0.25) is 0 Å². The standard InChI is InChI=1S/C17H16N4O4/c22-14(20-21-16(24)15(23)19-11-8-9-11)13-7-4-10-18-17(13)25-12-5-2-1-3-6-12/h1-7,10-11H,8-9H2,(H,19,23)(H,20,22)(H,21,24). The van der Waals surface area contributed by atoms with Crippen molar-refractivity contribution >= 4 is 17.7 Å². The summed E-state index contributed by atoms with van der Waals surface area (Å²) in [6, 6.07) is 12.0. The maximum absolute atomic E-state index is 12.2. The Balaban J connectivity index is 1.61. The van der Waals surface area contributed by atoms with E-state index in [0.717, 1.165) is 12.8 Å². The SMILES string of the molecule is O=C(NNC(=O)c1cccnc1Oc1ccccc1)C(=O)NC1CC1. The number of rotatable bonds is 4. The van der Waals surface area contributed by atoms with Gasteiger partial charge in [-0.3, -0.25) is 25.2 Å². The molecule has 8 nitrogen and oxygen atoms in total. The predicted octanol–water partition coefficient (Wildman–Crippen LogP) is 0.913. The topological polar surface area (TPSA) is 109 Å². The number of hydrogen-bond acceptors (Lipinski definition) is 5. The summed E-state index contributed by atoms with van der Waals surface area (Å²) in [7, 11) is 0. The van der Waals surface area contributed by atoms with Crippen LogP contribution in [0.1, 0.15) is 23.2 Å². The molecule has 1 aromatic heterocycles. The van der Waals surface area contributed by atoms with E-state index in [9.17, 15) is 14.4 Å². The minimum Gasteiger partial charge on any atom is -0.438 e. The largest absolute Gasteiger partial charge is 0.438 e. The van der Waals surface area contributed by atoms with Crippen LogP contribution in [0, 0.1) is 0 Å². The highest BCUT2D eigenvalue weighted by molar-refractivity contribution is 6.35. The quantitative estimate of drug-likeness (QED) is 0.566. The third-order valence-electron chi connectivity index (χ3n) is 3.38. The number of benzene rings is 1. The summed E-state index contributed by atoms with van der Waals surface area (Å²) in [5.41, 5.74) is 4.37. The number of amides is 3. The fourth-order valence-electron chi connectivity index (χ4n) is 1.96. The Morgan fingerprint density at radius 1 is 0.960 bits per heavy atom. The third kappa shape index (κ3) is 4.54. The van der Waals surface area contributed by atoms with Crippen LogP contribution in [0.5, 0.6) is 11.6 Å². The Morgan fingerprint density at radius 2 is 1.72 bits per heavy atom. The molecule has 2 aromatic rings. The minimum atomic E-state index is -0.935. The number of nitrogens with zero attached hydrogens (tertiary/aromatic N) is 1. The van der Waals surface area contributed by atoms with E-state index in [1.807, 2.05) is 6.07 Å². The lowest BCUT2D eigenvalue weighted by Gasteiger charge is -2.11. The fourth-order valence-corrected chi connectivity index (χ4v) is 1.96. The van der Waals surface area contributed by atoms with Crippen molar-refractivity contribution in [1.82, 2.24) is 21.2 Å². The summed E-state index contributed by atoms with van der Waals surface area (Å²) < 4.78 is 5.58. The monoisotopic (exact) mass is 340 g/mol. The van der Waals surface area contributed by atoms with Gasteiger partial charge in [0.25, 0.3) is 5.91 Å². The molecular weight excluding hydrogens is 324 g/mol. The van der Waals surface area contributed by atoms with Gasteiger partial charge in [0.2, 0.25) is 5.88 Å². The van der Waals surface area contributed by atoms with Crippen LogP contribution < -0.4 is 20.9 Å². The van der Waals surface area contributed by atoms with Crippen molar-refractivity contribution in [1.29, 1.82) is 0 Å². The Labute approximate surface area is 143 Å². The number of carbonyl (C=O) groups excluding carboxylic acids is 3. The summed E-state index contributed by atoms with van der Waals surface area (Å²) in [5, 5.41) is 2.52. The van der Waals surface area contributed by atoms with Crippen LogP contribution >= 0.6 is 0 Å². The van der Waals surface area contributed by atoms with Crippen molar-refractivity contribution in [3.63, 3.8) is 0 Å². The molecule has 1 heterocycles. The van der Waals surface area contributed by atoms with Crippen molar-refractivity contribution in [2.45, 2.75) is 18.9 Å². The molecule has 3 N–H and O–H groups in total. The Morgan fingerprint density at radius 3 is 2.44 bits per heavy atom. The Kier molecular flexibility index (Phi) is 4.89. The Bertz CT molecular complexity index is 790. The number of ether oxygens (including phenoxy) is 1. The average molecular weight is 340 g/mol. The average Bonchev–Trinajstić information content (AvgIpc) is 3.44. The van der Waals surface area contributed by atoms with E-state index in [1.165, 1.54) is 12.3 Å². The highest BCUT2D eigenvalue weighted by atomic mass is 16.5. The molecule has 0 aliphatic heterocycles. The van der Waals surface area contributed by atoms with Crippen molar-refractivity contribution in [2.75, 3.05) is 0 Å². The number of nitrogens with one attached hydrogen (secondary N) is 3. The zero-order valence-electron chi connectivity index (χ0n) is 13.2.